The van der Waals surface area contributed by atoms with Gasteiger partial charge in [0, 0.05) is 13.0 Å². The van der Waals surface area contributed by atoms with Crippen molar-refractivity contribution in [3.8, 4) is 6.07 Å². The molecule has 1 aromatic heterocycles. The largest absolute Gasteiger partial charge is 0.328 e. The van der Waals surface area contributed by atoms with E-state index in [2.05, 4.69) is 35.0 Å². The maximum Gasteiger partial charge on any atom is 0.109 e. The average molecular weight is 270 g/mol. The van der Waals surface area contributed by atoms with Crippen LogP contribution in [-0.2, 0) is 13.0 Å². The molecule has 0 aliphatic carbocycles. The van der Waals surface area contributed by atoms with Crippen LogP contribution in [-0.4, -0.2) is 22.1 Å². The number of nitrogens with one attached hydrogen (secondary N) is 1. The first-order chi connectivity index (χ1) is 9.80. The number of nitrogens with zero attached hydrogens (tertiary/aromatic N) is 3. The number of hydrogen-bond acceptors (Lipinski definition) is 3. The van der Waals surface area contributed by atoms with Crippen LogP contribution in [0.2, 0.25) is 0 Å². The lowest BCUT2D eigenvalue weighted by molar-refractivity contribution is 0.524. The highest BCUT2D eigenvalue weighted by Crippen LogP contribution is 2.18. The third-order valence-corrected chi connectivity index (χ3v) is 3.45. The number of rotatable bonds is 7. The molecule has 0 radical (unpaired) electrons. The Morgan fingerprint density at radius 2 is 2.15 bits per heavy atom. The number of aromatic nitrogens is 2. The van der Waals surface area contributed by atoms with E-state index in [1.54, 1.807) is 0 Å². The summed E-state index contributed by atoms with van der Waals surface area (Å²) in [5, 5.41) is 12.3. The molecule has 0 fully saturated rings. The van der Waals surface area contributed by atoms with E-state index >= 15 is 0 Å². The molecule has 0 bridgehead atoms. The second-order valence-corrected chi connectivity index (χ2v) is 4.95. The van der Waals surface area contributed by atoms with Crippen LogP contribution >= 0.6 is 0 Å². The number of para-hydroxylation sites is 2. The lowest BCUT2D eigenvalue weighted by Gasteiger charge is -2.12. The Balaban J connectivity index is 2.23. The molecule has 0 amide bonds. The van der Waals surface area contributed by atoms with Crippen molar-refractivity contribution in [1.29, 1.82) is 5.26 Å². The van der Waals surface area contributed by atoms with Gasteiger partial charge in [0.25, 0.3) is 0 Å². The SMILES string of the molecule is CCCc1nc2ccccc2n1CCC(C#N)NCC. The van der Waals surface area contributed by atoms with Gasteiger partial charge in [0.1, 0.15) is 5.82 Å². The van der Waals surface area contributed by atoms with E-state index in [0.717, 1.165) is 43.7 Å². The molecule has 0 saturated heterocycles. The van der Waals surface area contributed by atoms with Crippen molar-refractivity contribution in [1.82, 2.24) is 14.9 Å². The molecule has 0 aliphatic rings. The molecule has 2 aromatic rings. The van der Waals surface area contributed by atoms with Gasteiger partial charge in [-0.05, 0) is 31.5 Å². The summed E-state index contributed by atoms with van der Waals surface area (Å²) in [7, 11) is 0. The molecule has 1 atom stereocenters. The van der Waals surface area contributed by atoms with Crippen molar-refractivity contribution in [3.05, 3.63) is 30.1 Å². The van der Waals surface area contributed by atoms with E-state index in [0.29, 0.717) is 0 Å². The molecule has 0 saturated carbocycles. The fraction of sp³-hybridized carbons (Fsp3) is 0.500. The van der Waals surface area contributed by atoms with Crippen molar-refractivity contribution >= 4 is 11.0 Å². The Hall–Kier alpha value is -1.86. The molecule has 1 N–H and O–H groups in total. The highest BCUT2D eigenvalue weighted by atomic mass is 15.1. The fourth-order valence-corrected chi connectivity index (χ4v) is 2.51. The maximum absolute atomic E-state index is 9.13. The summed E-state index contributed by atoms with van der Waals surface area (Å²) in [5.74, 6) is 1.13. The lowest BCUT2D eigenvalue weighted by atomic mass is 10.2. The minimum absolute atomic E-state index is 0.0874. The van der Waals surface area contributed by atoms with Gasteiger partial charge in [-0.1, -0.05) is 26.0 Å². The van der Waals surface area contributed by atoms with E-state index in [1.165, 1.54) is 5.52 Å². The third kappa shape index (κ3) is 3.17. The summed E-state index contributed by atoms with van der Waals surface area (Å²) in [6, 6.07) is 10.5. The van der Waals surface area contributed by atoms with Crippen LogP contribution in [0, 0.1) is 11.3 Å². The van der Waals surface area contributed by atoms with E-state index < -0.39 is 0 Å². The van der Waals surface area contributed by atoms with Gasteiger partial charge in [-0.2, -0.15) is 5.26 Å². The Bertz CT molecular complexity index is 594. The summed E-state index contributed by atoms with van der Waals surface area (Å²) >= 11 is 0. The summed E-state index contributed by atoms with van der Waals surface area (Å²) in [6.07, 6.45) is 2.87. The van der Waals surface area contributed by atoms with E-state index in [9.17, 15) is 0 Å². The second-order valence-electron chi connectivity index (χ2n) is 4.95. The minimum atomic E-state index is -0.0874. The van der Waals surface area contributed by atoms with Crippen molar-refractivity contribution in [2.45, 2.75) is 45.7 Å². The van der Waals surface area contributed by atoms with Crippen molar-refractivity contribution in [2.75, 3.05) is 6.54 Å². The normalized spacial score (nSPS) is 12.4. The molecule has 4 nitrogen and oxygen atoms in total. The molecule has 0 spiro atoms. The molecular weight excluding hydrogens is 248 g/mol. The van der Waals surface area contributed by atoms with Crippen LogP contribution in [0.4, 0.5) is 0 Å². The van der Waals surface area contributed by atoms with Crippen LogP contribution in [0.1, 0.15) is 32.5 Å². The Kier molecular flexibility index (Phi) is 5.14. The molecule has 20 heavy (non-hydrogen) atoms. The molecule has 1 heterocycles. The first-order valence-corrected chi connectivity index (χ1v) is 7.37. The van der Waals surface area contributed by atoms with Crippen molar-refractivity contribution < 1.29 is 0 Å². The van der Waals surface area contributed by atoms with E-state index in [4.69, 9.17) is 10.2 Å². The molecule has 4 heteroatoms. The number of fused-ring (bicyclic) bond motifs is 1. The quantitative estimate of drug-likeness (QED) is 0.841. The highest BCUT2D eigenvalue weighted by Gasteiger charge is 2.12. The highest BCUT2D eigenvalue weighted by molar-refractivity contribution is 5.75. The predicted octanol–water partition coefficient (Wildman–Crippen LogP) is 2.88. The standard InChI is InChI=1S/C16H22N4/c1-3-7-16-19-14-8-5-6-9-15(14)20(16)11-10-13(12-17)18-4-2/h5-6,8-9,13,18H,3-4,7,10-11H2,1-2H3. The Morgan fingerprint density at radius 3 is 2.85 bits per heavy atom. The van der Waals surface area contributed by atoms with Gasteiger partial charge < -0.3 is 9.88 Å². The second kappa shape index (κ2) is 7.06. The van der Waals surface area contributed by atoms with Gasteiger partial charge in [-0.25, -0.2) is 4.98 Å². The number of imidazole rings is 1. The lowest BCUT2D eigenvalue weighted by Crippen LogP contribution is -2.28. The van der Waals surface area contributed by atoms with Gasteiger partial charge in [0.15, 0.2) is 0 Å². The van der Waals surface area contributed by atoms with Crippen LogP contribution in [0.3, 0.4) is 0 Å². The van der Waals surface area contributed by atoms with Gasteiger partial charge in [-0.15, -0.1) is 0 Å². The summed E-state index contributed by atoms with van der Waals surface area (Å²) in [5.41, 5.74) is 2.22. The first-order valence-electron chi connectivity index (χ1n) is 7.37. The zero-order valence-corrected chi connectivity index (χ0v) is 12.3. The Morgan fingerprint density at radius 1 is 1.35 bits per heavy atom. The molecule has 1 aromatic carbocycles. The zero-order chi connectivity index (χ0) is 14.4. The van der Waals surface area contributed by atoms with Gasteiger partial charge in [-0.3, -0.25) is 0 Å². The Labute approximate surface area is 120 Å². The topological polar surface area (TPSA) is 53.6 Å². The number of hydrogen-bond donors (Lipinski definition) is 1. The van der Waals surface area contributed by atoms with E-state index in [1.807, 2.05) is 19.1 Å². The van der Waals surface area contributed by atoms with Crippen LogP contribution in [0.5, 0.6) is 0 Å². The van der Waals surface area contributed by atoms with Crippen LogP contribution < -0.4 is 5.32 Å². The summed E-state index contributed by atoms with van der Waals surface area (Å²) < 4.78 is 2.26. The minimum Gasteiger partial charge on any atom is -0.328 e. The van der Waals surface area contributed by atoms with Crippen LogP contribution in [0.15, 0.2) is 24.3 Å². The number of benzene rings is 1. The number of nitriles is 1. The molecule has 0 aliphatic heterocycles. The van der Waals surface area contributed by atoms with Gasteiger partial charge in [0.2, 0.25) is 0 Å². The monoisotopic (exact) mass is 270 g/mol. The van der Waals surface area contributed by atoms with Crippen LogP contribution in [0.25, 0.3) is 11.0 Å². The van der Waals surface area contributed by atoms with Gasteiger partial charge >= 0.3 is 0 Å². The molecule has 2 rings (SSSR count). The fourth-order valence-electron chi connectivity index (χ4n) is 2.51. The summed E-state index contributed by atoms with van der Waals surface area (Å²) in [6.45, 7) is 5.85. The molecular formula is C16H22N4. The van der Waals surface area contributed by atoms with E-state index in [-0.39, 0.29) is 6.04 Å². The number of aryl methyl sites for hydroxylation is 2. The maximum atomic E-state index is 9.13. The molecule has 1 unspecified atom stereocenters. The average Bonchev–Trinajstić information content (AvgIpc) is 2.81. The van der Waals surface area contributed by atoms with Crippen molar-refractivity contribution in [2.24, 2.45) is 0 Å². The first kappa shape index (κ1) is 14.5. The summed E-state index contributed by atoms with van der Waals surface area (Å²) in [4.78, 5) is 4.71. The zero-order valence-electron chi connectivity index (χ0n) is 12.3. The smallest absolute Gasteiger partial charge is 0.109 e. The van der Waals surface area contributed by atoms with Crippen molar-refractivity contribution in [3.63, 3.8) is 0 Å². The third-order valence-electron chi connectivity index (χ3n) is 3.45. The molecule has 106 valence electrons. The van der Waals surface area contributed by atoms with Gasteiger partial charge in [0.05, 0.1) is 23.1 Å². The predicted molar refractivity (Wildman–Crippen MR) is 81.4 cm³/mol.